The van der Waals surface area contributed by atoms with Gasteiger partial charge in [-0.15, -0.1) is 0 Å². The molecule has 128 valence electrons. The summed E-state index contributed by atoms with van der Waals surface area (Å²) in [5, 5.41) is 10.8. The van der Waals surface area contributed by atoms with Crippen LogP contribution in [0.25, 0.3) is 17.3 Å². The molecule has 4 rings (SSSR count). The number of para-hydroxylation sites is 1. The van der Waals surface area contributed by atoms with E-state index in [0.717, 1.165) is 21.3 Å². The predicted octanol–water partition coefficient (Wildman–Crippen LogP) is 4.62. The van der Waals surface area contributed by atoms with Gasteiger partial charge in [-0.2, -0.15) is 0 Å². The highest BCUT2D eigenvalue weighted by molar-refractivity contribution is 9.10. The number of fused-ring (bicyclic) bond motifs is 1. The Morgan fingerprint density at radius 2 is 1.88 bits per heavy atom. The third kappa shape index (κ3) is 2.85. The van der Waals surface area contributed by atoms with E-state index < -0.39 is 5.56 Å². The number of allylic oxidation sites excluding steroid dienone is 1. The second-order valence-corrected chi connectivity index (χ2v) is 6.99. The molecule has 26 heavy (non-hydrogen) atoms. The van der Waals surface area contributed by atoms with Gasteiger partial charge in [-0.1, -0.05) is 34.1 Å². The van der Waals surface area contributed by atoms with E-state index in [1.54, 1.807) is 24.4 Å². The first kappa shape index (κ1) is 16.7. The molecule has 3 aromatic rings. The van der Waals surface area contributed by atoms with Crippen molar-refractivity contribution in [2.75, 3.05) is 0 Å². The largest absolute Gasteiger partial charge is 0.494 e. The Kier molecular flexibility index (Phi) is 4.18. The summed E-state index contributed by atoms with van der Waals surface area (Å²) in [6, 6.07) is 14.9. The number of aliphatic imine (C=N–C) groups is 1. The summed E-state index contributed by atoms with van der Waals surface area (Å²) >= 11 is 8.61. The molecule has 0 atom stereocenters. The van der Waals surface area contributed by atoms with Crippen LogP contribution in [-0.4, -0.2) is 20.9 Å². The molecule has 2 heterocycles. The Labute approximate surface area is 162 Å². The van der Waals surface area contributed by atoms with E-state index in [4.69, 9.17) is 12.2 Å². The zero-order chi connectivity index (χ0) is 18.3. The van der Waals surface area contributed by atoms with Gasteiger partial charge in [-0.05, 0) is 48.6 Å². The topological polar surface area (TPSA) is 70.4 Å². The molecule has 2 N–H and O–H groups in total. The number of halogens is 1. The van der Waals surface area contributed by atoms with E-state index in [1.807, 2.05) is 36.4 Å². The zero-order valence-corrected chi connectivity index (χ0v) is 15.7. The minimum atomic E-state index is -0.453. The number of aromatic hydroxyl groups is 1. The van der Waals surface area contributed by atoms with Crippen molar-refractivity contribution in [3.8, 4) is 11.6 Å². The van der Waals surface area contributed by atoms with Gasteiger partial charge in [-0.3, -0.25) is 19.3 Å². The highest BCUT2D eigenvalue weighted by Crippen LogP contribution is 2.33. The SMILES string of the molecule is O=c1[nH]c(=S)n(-c2ccc(Br)cc2)c(O)c1C=C1C=Nc2ccccc21. The standard InChI is InChI=1S/C19H12BrN3O2S/c20-12-5-7-13(8-6-12)23-18(25)15(17(24)22-19(23)26)9-11-10-21-16-4-2-1-3-14(11)16/h1-10,25H,(H,22,24,26). The first-order chi connectivity index (χ1) is 12.5. The van der Waals surface area contributed by atoms with Gasteiger partial charge in [0.05, 0.1) is 11.4 Å². The maximum atomic E-state index is 12.4. The molecule has 1 aliphatic heterocycles. The highest BCUT2D eigenvalue weighted by Gasteiger charge is 2.16. The normalized spacial score (nSPS) is 14.0. The molecule has 0 saturated heterocycles. The lowest BCUT2D eigenvalue weighted by Gasteiger charge is -2.12. The maximum Gasteiger partial charge on any atom is 0.262 e. The molecule has 1 aliphatic rings. The molecule has 0 bridgehead atoms. The summed E-state index contributed by atoms with van der Waals surface area (Å²) in [7, 11) is 0. The van der Waals surface area contributed by atoms with Gasteiger partial charge >= 0.3 is 0 Å². The van der Waals surface area contributed by atoms with Crippen LogP contribution in [0, 0.1) is 4.77 Å². The number of nitrogens with one attached hydrogen (secondary N) is 1. The first-order valence-electron chi connectivity index (χ1n) is 7.74. The zero-order valence-electron chi connectivity index (χ0n) is 13.3. The number of rotatable bonds is 2. The summed E-state index contributed by atoms with van der Waals surface area (Å²) in [6.07, 6.45) is 3.29. The molecule has 0 aliphatic carbocycles. The van der Waals surface area contributed by atoms with Crippen molar-refractivity contribution >= 4 is 51.7 Å². The van der Waals surface area contributed by atoms with Crippen molar-refractivity contribution in [2.24, 2.45) is 4.99 Å². The van der Waals surface area contributed by atoms with Crippen molar-refractivity contribution in [3.63, 3.8) is 0 Å². The molecule has 0 amide bonds. The third-order valence-corrected chi connectivity index (χ3v) is 4.88. The van der Waals surface area contributed by atoms with E-state index in [0.29, 0.717) is 5.69 Å². The van der Waals surface area contributed by atoms with E-state index in [2.05, 4.69) is 25.9 Å². The summed E-state index contributed by atoms with van der Waals surface area (Å²) in [4.78, 5) is 19.4. The number of hydrogen-bond acceptors (Lipinski definition) is 4. The molecule has 7 heteroatoms. The van der Waals surface area contributed by atoms with Crippen molar-refractivity contribution in [3.05, 3.63) is 79.3 Å². The van der Waals surface area contributed by atoms with Crippen LogP contribution in [-0.2, 0) is 0 Å². The Bertz CT molecular complexity index is 1190. The average molecular weight is 426 g/mol. The molecule has 0 radical (unpaired) electrons. The van der Waals surface area contributed by atoms with Gasteiger partial charge < -0.3 is 5.11 Å². The van der Waals surface area contributed by atoms with Gasteiger partial charge in [-0.25, -0.2) is 0 Å². The molecule has 0 saturated carbocycles. The van der Waals surface area contributed by atoms with Crippen LogP contribution < -0.4 is 5.56 Å². The first-order valence-corrected chi connectivity index (χ1v) is 8.94. The third-order valence-electron chi connectivity index (χ3n) is 4.06. The summed E-state index contributed by atoms with van der Waals surface area (Å²) in [5.41, 5.74) is 2.80. The fraction of sp³-hybridized carbons (Fsp3) is 0. The van der Waals surface area contributed by atoms with E-state index in [9.17, 15) is 9.90 Å². The number of H-pyrrole nitrogens is 1. The molecule has 0 spiro atoms. The summed E-state index contributed by atoms with van der Waals surface area (Å²) in [5.74, 6) is -0.216. The quantitative estimate of drug-likeness (QED) is 0.588. The summed E-state index contributed by atoms with van der Waals surface area (Å²) in [6.45, 7) is 0. The van der Waals surface area contributed by atoms with Gasteiger partial charge in [0.25, 0.3) is 5.56 Å². The van der Waals surface area contributed by atoms with Crippen molar-refractivity contribution in [1.82, 2.24) is 9.55 Å². The van der Waals surface area contributed by atoms with Crippen LogP contribution in [0.2, 0.25) is 0 Å². The maximum absolute atomic E-state index is 12.4. The molecule has 1 aromatic heterocycles. The number of aromatic nitrogens is 2. The van der Waals surface area contributed by atoms with Gasteiger partial charge in [0.15, 0.2) is 4.77 Å². The van der Waals surface area contributed by atoms with Crippen LogP contribution in [0.3, 0.4) is 0 Å². The monoisotopic (exact) mass is 425 g/mol. The molecular weight excluding hydrogens is 414 g/mol. The fourth-order valence-corrected chi connectivity index (χ4v) is 3.36. The lowest BCUT2D eigenvalue weighted by atomic mass is 10.1. The van der Waals surface area contributed by atoms with Gasteiger partial charge in [0.2, 0.25) is 5.88 Å². The van der Waals surface area contributed by atoms with E-state index >= 15 is 0 Å². The van der Waals surface area contributed by atoms with Crippen molar-refractivity contribution in [1.29, 1.82) is 0 Å². The van der Waals surface area contributed by atoms with Crippen molar-refractivity contribution in [2.45, 2.75) is 0 Å². The second-order valence-electron chi connectivity index (χ2n) is 5.68. The molecular formula is C19H12BrN3O2S. The Morgan fingerprint density at radius 3 is 2.65 bits per heavy atom. The minimum absolute atomic E-state index is 0.123. The fourth-order valence-electron chi connectivity index (χ4n) is 2.81. The lowest BCUT2D eigenvalue weighted by molar-refractivity contribution is 0.432. The number of aromatic amines is 1. The molecule has 0 fully saturated rings. The van der Waals surface area contributed by atoms with E-state index in [-0.39, 0.29) is 16.2 Å². The van der Waals surface area contributed by atoms with Crippen LogP contribution in [0.15, 0.2) is 62.8 Å². The Hall–Kier alpha value is -2.77. The molecule has 2 aromatic carbocycles. The van der Waals surface area contributed by atoms with Gasteiger partial charge in [0, 0.05) is 21.8 Å². The number of benzene rings is 2. The molecule has 0 unspecified atom stereocenters. The van der Waals surface area contributed by atoms with Crippen LogP contribution in [0.5, 0.6) is 5.88 Å². The minimum Gasteiger partial charge on any atom is -0.494 e. The van der Waals surface area contributed by atoms with Gasteiger partial charge in [0.1, 0.15) is 5.56 Å². The number of hydrogen-bond donors (Lipinski definition) is 2. The highest BCUT2D eigenvalue weighted by atomic mass is 79.9. The average Bonchev–Trinajstić information content (AvgIpc) is 3.03. The lowest BCUT2D eigenvalue weighted by Crippen LogP contribution is -2.16. The predicted molar refractivity (Wildman–Crippen MR) is 109 cm³/mol. The van der Waals surface area contributed by atoms with Crippen LogP contribution in [0.1, 0.15) is 11.1 Å². The van der Waals surface area contributed by atoms with E-state index in [1.165, 1.54) is 4.57 Å². The summed E-state index contributed by atoms with van der Waals surface area (Å²) < 4.78 is 2.45. The molecule has 5 nitrogen and oxygen atoms in total. The smallest absolute Gasteiger partial charge is 0.262 e. The van der Waals surface area contributed by atoms with Crippen LogP contribution >= 0.6 is 28.1 Å². The van der Waals surface area contributed by atoms with Crippen LogP contribution in [0.4, 0.5) is 5.69 Å². The Morgan fingerprint density at radius 1 is 1.15 bits per heavy atom. The second kappa shape index (κ2) is 6.51. The Balaban J connectivity index is 1.91. The van der Waals surface area contributed by atoms with Crippen molar-refractivity contribution < 1.29 is 5.11 Å². The number of nitrogens with zero attached hydrogens (tertiary/aromatic N) is 2.